The van der Waals surface area contributed by atoms with Crippen LogP contribution < -0.4 is 11.1 Å². The first kappa shape index (κ1) is 17.7. The van der Waals surface area contributed by atoms with E-state index in [1.165, 1.54) is 31.0 Å². The second kappa shape index (κ2) is 8.30. The van der Waals surface area contributed by atoms with Crippen molar-refractivity contribution in [2.75, 3.05) is 11.1 Å². The Morgan fingerprint density at radius 1 is 1.07 bits per heavy atom. The van der Waals surface area contributed by atoms with Gasteiger partial charge in [-0.3, -0.25) is 0 Å². The van der Waals surface area contributed by atoms with E-state index >= 15 is 0 Å². The van der Waals surface area contributed by atoms with Gasteiger partial charge in [-0.05, 0) is 35.4 Å². The Hall–Kier alpha value is -2.75. The molecule has 2 heterocycles. The fourth-order valence-corrected chi connectivity index (χ4v) is 3.97. The van der Waals surface area contributed by atoms with E-state index in [4.69, 9.17) is 5.73 Å². The number of aromatic nitrogens is 7. The normalized spacial score (nSPS) is 15.0. The van der Waals surface area contributed by atoms with Crippen molar-refractivity contribution in [1.82, 2.24) is 35.2 Å². The highest BCUT2D eigenvalue weighted by Crippen LogP contribution is 2.31. The highest BCUT2D eigenvalue weighted by molar-refractivity contribution is 7.98. The molecule has 0 bridgehead atoms. The number of para-hydroxylation sites is 1. The molecule has 1 aliphatic carbocycles. The van der Waals surface area contributed by atoms with Crippen LogP contribution in [0.1, 0.15) is 44.0 Å². The van der Waals surface area contributed by atoms with Crippen LogP contribution in [0.25, 0.3) is 0 Å². The Balaban J connectivity index is 1.45. The molecule has 0 atom stereocenters. The second-order valence-electron chi connectivity index (χ2n) is 6.41. The maximum absolute atomic E-state index is 5.85. The van der Waals surface area contributed by atoms with Crippen LogP contribution in [0.15, 0.2) is 35.5 Å². The SMILES string of the molecule is Nc1nc(CSc2nnnn2C2CCCCC2)nc(Nc2ccccc2)n1. The zero-order chi connectivity index (χ0) is 18.5. The third kappa shape index (κ3) is 4.51. The first-order valence-corrected chi connectivity index (χ1v) is 9.99. The fraction of sp³-hybridized carbons (Fsp3) is 0.412. The van der Waals surface area contributed by atoms with Crippen LogP contribution in [0.2, 0.25) is 0 Å². The molecule has 0 saturated heterocycles. The molecule has 0 aliphatic heterocycles. The standard InChI is InChI=1S/C17H21N9S/c18-15-20-14(21-16(22-15)19-12-7-3-1-4-8-12)11-27-17-23-24-25-26(17)13-9-5-2-6-10-13/h1,3-4,7-8,13H,2,5-6,9-11H2,(H3,18,19,20,21,22). The average molecular weight is 383 g/mol. The summed E-state index contributed by atoms with van der Waals surface area (Å²) >= 11 is 1.51. The van der Waals surface area contributed by atoms with Gasteiger partial charge in [-0.1, -0.05) is 49.2 Å². The summed E-state index contributed by atoms with van der Waals surface area (Å²) in [5.74, 6) is 1.72. The number of hydrogen-bond acceptors (Lipinski definition) is 9. The molecule has 27 heavy (non-hydrogen) atoms. The molecule has 3 aromatic rings. The molecule has 1 fully saturated rings. The Bertz CT molecular complexity index is 877. The van der Waals surface area contributed by atoms with Crippen molar-refractivity contribution in [3.8, 4) is 0 Å². The number of nitrogens with two attached hydrogens (primary N) is 1. The Labute approximate surface area is 161 Å². The molecule has 9 nitrogen and oxygen atoms in total. The van der Waals surface area contributed by atoms with Crippen LogP contribution in [0.5, 0.6) is 0 Å². The molecule has 2 aromatic heterocycles. The Kier molecular flexibility index (Phi) is 5.42. The van der Waals surface area contributed by atoms with Gasteiger partial charge >= 0.3 is 0 Å². The molecular formula is C17H21N9S. The summed E-state index contributed by atoms with van der Waals surface area (Å²) in [4.78, 5) is 12.8. The molecule has 1 saturated carbocycles. The minimum Gasteiger partial charge on any atom is -0.368 e. The van der Waals surface area contributed by atoms with Crippen molar-refractivity contribution in [3.63, 3.8) is 0 Å². The number of rotatable bonds is 6. The molecular weight excluding hydrogens is 362 g/mol. The maximum Gasteiger partial charge on any atom is 0.232 e. The summed E-state index contributed by atoms with van der Waals surface area (Å²) in [6.45, 7) is 0. The lowest BCUT2D eigenvalue weighted by molar-refractivity contribution is 0.307. The molecule has 1 aromatic carbocycles. The molecule has 4 rings (SSSR count). The van der Waals surface area contributed by atoms with Gasteiger partial charge < -0.3 is 11.1 Å². The maximum atomic E-state index is 5.85. The van der Waals surface area contributed by atoms with Crippen molar-refractivity contribution in [3.05, 3.63) is 36.2 Å². The number of hydrogen-bond donors (Lipinski definition) is 2. The summed E-state index contributed by atoms with van der Waals surface area (Å²) < 4.78 is 1.94. The van der Waals surface area contributed by atoms with Crippen molar-refractivity contribution < 1.29 is 0 Å². The van der Waals surface area contributed by atoms with Gasteiger partial charge in [-0.2, -0.15) is 15.0 Å². The smallest absolute Gasteiger partial charge is 0.232 e. The van der Waals surface area contributed by atoms with E-state index in [0.717, 1.165) is 23.7 Å². The number of thioether (sulfide) groups is 1. The van der Waals surface area contributed by atoms with Gasteiger partial charge in [-0.25, -0.2) is 4.68 Å². The topological polar surface area (TPSA) is 120 Å². The van der Waals surface area contributed by atoms with Crippen molar-refractivity contribution in [2.45, 2.75) is 49.1 Å². The number of nitrogen functional groups attached to an aromatic ring is 1. The number of benzene rings is 1. The van der Waals surface area contributed by atoms with E-state index in [-0.39, 0.29) is 5.95 Å². The van der Waals surface area contributed by atoms with Gasteiger partial charge in [-0.15, -0.1) is 5.10 Å². The largest absolute Gasteiger partial charge is 0.368 e. The molecule has 0 spiro atoms. The van der Waals surface area contributed by atoms with E-state index in [1.807, 2.05) is 35.0 Å². The minimum atomic E-state index is 0.186. The van der Waals surface area contributed by atoms with Crippen LogP contribution in [0.3, 0.4) is 0 Å². The van der Waals surface area contributed by atoms with Crippen LogP contribution in [-0.2, 0) is 5.75 Å². The average Bonchev–Trinajstić information content (AvgIpc) is 3.16. The third-order valence-electron chi connectivity index (χ3n) is 4.44. The summed E-state index contributed by atoms with van der Waals surface area (Å²) in [6, 6.07) is 10.1. The van der Waals surface area contributed by atoms with Crippen molar-refractivity contribution in [2.24, 2.45) is 0 Å². The predicted molar refractivity (Wildman–Crippen MR) is 103 cm³/mol. The van der Waals surface area contributed by atoms with E-state index in [2.05, 4.69) is 35.8 Å². The predicted octanol–water partition coefficient (Wildman–Crippen LogP) is 2.98. The van der Waals surface area contributed by atoms with Gasteiger partial charge in [0.15, 0.2) is 0 Å². The summed E-state index contributed by atoms with van der Waals surface area (Å²) in [7, 11) is 0. The second-order valence-corrected chi connectivity index (χ2v) is 7.35. The van der Waals surface area contributed by atoms with Gasteiger partial charge in [0.05, 0.1) is 11.8 Å². The van der Waals surface area contributed by atoms with E-state index in [9.17, 15) is 0 Å². The summed E-state index contributed by atoms with van der Waals surface area (Å²) in [5, 5.41) is 16.1. The highest BCUT2D eigenvalue weighted by Gasteiger charge is 2.20. The Morgan fingerprint density at radius 3 is 2.70 bits per heavy atom. The van der Waals surface area contributed by atoms with Gasteiger partial charge in [0.1, 0.15) is 5.82 Å². The molecule has 10 heteroatoms. The minimum absolute atomic E-state index is 0.186. The first-order valence-electron chi connectivity index (χ1n) is 9.01. The van der Waals surface area contributed by atoms with Crippen LogP contribution in [-0.4, -0.2) is 35.2 Å². The quantitative estimate of drug-likeness (QED) is 0.619. The number of tetrazole rings is 1. The molecule has 0 radical (unpaired) electrons. The van der Waals surface area contributed by atoms with Crippen molar-refractivity contribution in [1.29, 1.82) is 0 Å². The summed E-state index contributed by atoms with van der Waals surface area (Å²) in [6.07, 6.45) is 6.01. The van der Waals surface area contributed by atoms with Gasteiger partial charge in [0.25, 0.3) is 0 Å². The molecule has 3 N–H and O–H groups in total. The zero-order valence-electron chi connectivity index (χ0n) is 14.8. The summed E-state index contributed by atoms with van der Waals surface area (Å²) in [5.41, 5.74) is 6.74. The molecule has 0 amide bonds. The van der Waals surface area contributed by atoms with Crippen LogP contribution >= 0.6 is 11.8 Å². The van der Waals surface area contributed by atoms with Crippen molar-refractivity contribution >= 4 is 29.3 Å². The highest BCUT2D eigenvalue weighted by atomic mass is 32.2. The molecule has 1 aliphatic rings. The third-order valence-corrected chi connectivity index (χ3v) is 5.37. The first-order chi connectivity index (χ1) is 13.3. The lowest BCUT2D eigenvalue weighted by Gasteiger charge is -2.21. The van der Waals surface area contributed by atoms with Crippen LogP contribution in [0, 0.1) is 0 Å². The number of anilines is 3. The number of nitrogens with zero attached hydrogens (tertiary/aromatic N) is 7. The zero-order valence-corrected chi connectivity index (χ0v) is 15.6. The molecule has 0 unspecified atom stereocenters. The van der Waals surface area contributed by atoms with E-state index in [1.54, 1.807) is 0 Å². The van der Waals surface area contributed by atoms with Gasteiger partial charge in [0, 0.05) is 5.69 Å². The van der Waals surface area contributed by atoms with E-state index < -0.39 is 0 Å². The number of nitrogens with one attached hydrogen (secondary N) is 1. The monoisotopic (exact) mass is 383 g/mol. The van der Waals surface area contributed by atoms with Gasteiger partial charge in [0.2, 0.25) is 17.1 Å². The Morgan fingerprint density at radius 2 is 1.89 bits per heavy atom. The lowest BCUT2D eigenvalue weighted by Crippen LogP contribution is -2.15. The fourth-order valence-electron chi connectivity index (χ4n) is 3.17. The molecule has 140 valence electrons. The van der Waals surface area contributed by atoms with E-state index in [0.29, 0.717) is 23.6 Å². The lowest BCUT2D eigenvalue weighted by atomic mass is 9.96. The van der Waals surface area contributed by atoms with Crippen LogP contribution in [0.4, 0.5) is 17.6 Å².